The molecule has 28 heavy (non-hydrogen) atoms. The van der Waals surface area contributed by atoms with Gasteiger partial charge in [0.2, 0.25) is 0 Å². The van der Waals surface area contributed by atoms with Gasteiger partial charge in [-0.2, -0.15) is 0 Å². The molecule has 1 amide bonds. The molecule has 4 rings (SSSR count). The van der Waals surface area contributed by atoms with Gasteiger partial charge in [-0.25, -0.2) is 4.98 Å². The lowest BCUT2D eigenvalue weighted by atomic mass is 10.1. The zero-order chi connectivity index (χ0) is 19.7. The summed E-state index contributed by atoms with van der Waals surface area (Å²) in [5.74, 6) is -0.0889. The fourth-order valence-electron chi connectivity index (χ4n) is 3.07. The Labute approximate surface area is 173 Å². The van der Waals surface area contributed by atoms with Gasteiger partial charge >= 0.3 is 0 Å². The molecule has 0 aliphatic carbocycles. The van der Waals surface area contributed by atoms with E-state index in [0.29, 0.717) is 22.3 Å². The van der Waals surface area contributed by atoms with Crippen LogP contribution in [0.25, 0.3) is 10.2 Å². The standard InChI is InChI=1S/C23H19ClN2OS/c1-15-8-13-20-21(16(15)2)25-23(28-20)26(14-17-6-4-3-5-7-17)22(27)18-9-11-19(24)12-10-18/h3-13H,14H2,1-2H3. The lowest BCUT2D eigenvalue weighted by molar-refractivity contribution is 0.0985. The third-order valence-electron chi connectivity index (χ3n) is 4.82. The van der Waals surface area contributed by atoms with E-state index in [-0.39, 0.29) is 5.91 Å². The lowest BCUT2D eigenvalue weighted by Gasteiger charge is -2.20. The van der Waals surface area contributed by atoms with Gasteiger partial charge in [0.25, 0.3) is 5.91 Å². The maximum absolute atomic E-state index is 13.3. The molecule has 0 saturated heterocycles. The van der Waals surface area contributed by atoms with Crippen molar-refractivity contribution in [1.29, 1.82) is 0 Å². The van der Waals surface area contributed by atoms with Crippen molar-refractivity contribution >= 4 is 44.2 Å². The van der Waals surface area contributed by atoms with Crippen LogP contribution in [0.2, 0.25) is 5.02 Å². The minimum atomic E-state index is -0.0889. The Hall–Kier alpha value is -2.69. The SMILES string of the molecule is Cc1ccc2sc(N(Cc3ccccc3)C(=O)c3ccc(Cl)cc3)nc2c1C. The molecule has 0 saturated carbocycles. The molecular formula is C23H19ClN2OS. The molecular weight excluding hydrogens is 388 g/mol. The highest BCUT2D eigenvalue weighted by atomic mass is 35.5. The van der Waals surface area contributed by atoms with E-state index >= 15 is 0 Å². The van der Waals surface area contributed by atoms with Crippen molar-refractivity contribution in [1.82, 2.24) is 4.98 Å². The van der Waals surface area contributed by atoms with Crippen molar-refractivity contribution in [2.45, 2.75) is 20.4 Å². The van der Waals surface area contributed by atoms with Crippen LogP contribution in [-0.2, 0) is 6.54 Å². The summed E-state index contributed by atoms with van der Waals surface area (Å²) in [4.78, 5) is 19.9. The summed E-state index contributed by atoms with van der Waals surface area (Å²) in [5.41, 5.74) is 4.95. The Morgan fingerprint density at radius 1 is 1.00 bits per heavy atom. The highest BCUT2D eigenvalue weighted by Gasteiger charge is 2.22. The van der Waals surface area contributed by atoms with Gasteiger partial charge in [-0.3, -0.25) is 9.69 Å². The quantitative estimate of drug-likeness (QED) is 0.392. The van der Waals surface area contributed by atoms with Crippen LogP contribution < -0.4 is 4.90 Å². The second kappa shape index (κ2) is 7.74. The van der Waals surface area contributed by atoms with E-state index in [2.05, 4.69) is 26.0 Å². The summed E-state index contributed by atoms with van der Waals surface area (Å²) in [6, 6.07) is 21.1. The number of carbonyl (C=O) groups excluding carboxylic acids is 1. The summed E-state index contributed by atoms with van der Waals surface area (Å²) >= 11 is 7.53. The molecule has 0 atom stereocenters. The Kier molecular flexibility index (Phi) is 5.16. The maximum atomic E-state index is 13.3. The first-order valence-corrected chi connectivity index (χ1v) is 10.2. The largest absolute Gasteiger partial charge is 0.279 e. The van der Waals surface area contributed by atoms with E-state index in [1.165, 1.54) is 5.56 Å². The minimum absolute atomic E-state index is 0.0889. The Morgan fingerprint density at radius 2 is 1.71 bits per heavy atom. The normalized spacial score (nSPS) is 11.0. The molecule has 140 valence electrons. The molecule has 0 unspecified atom stereocenters. The van der Waals surface area contributed by atoms with Crippen LogP contribution in [0.5, 0.6) is 0 Å². The smallest absolute Gasteiger partial charge is 0.260 e. The van der Waals surface area contributed by atoms with Crippen molar-refractivity contribution in [3.05, 3.63) is 94.0 Å². The number of hydrogen-bond donors (Lipinski definition) is 0. The van der Waals surface area contributed by atoms with Gasteiger partial charge < -0.3 is 0 Å². The highest BCUT2D eigenvalue weighted by molar-refractivity contribution is 7.22. The number of rotatable bonds is 4. The van der Waals surface area contributed by atoms with Gasteiger partial charge in [-0.1, -0.05) is 59.3 Å². The second-order valence-electron chi connectivity index (χ2n) is 6.73. The lowest BCUT2D eigenvalue weighted by Crippen LogP contribution is -2.30. The van der Waals surface area contributed by atoms with Crippen LogP contribution in [0.1, 0.15) is 27.0 Å². The van der Waals surface area contributed by atoms with Crippen molar-refractivity contribution in [2.24, 2.45) is 0 Å². The zero-order valence-electron chi connectivity index (χ0n) is 15.6. The first-order chi connectivity index (χ1) is 13.5. The molecule has 0 N–H and O–H groups in total. The monoisotopic (exact) mass is 406 g/mol. The summed E-state index contributed by atoms with van der Waals surface area (Å²) in [6.07, 6.45) is 0. The van der Waals surface area contributed by atoms with Crippen molar-refractivity contribution in [3.8, 4) is 0 Å². The summed E-state index contributed by atoms with van der Waals surface area (Å²) in [6.45, 7) is 4.61. The second-order valence-corrected chi connectivity index (χ2v) is 8.18. The first kappa shape index (κ1) is 18.7. The number of carbonyl (C=O) groups is 1. The van der Waals surface area contributed by atoms with E-state index < -0.39 is 0 Å². The molecule has 1 aromatic heterocycles. The molecule has 0 fully saturated rings. The number of anilines is 1. The van der Waals surface area contributed by atoms with Crippen LogP contribution in [0.4, 0.5) is 5.13 Å². The number of halogens is 1. The molecule has 0 aliphatic heterocycles. The number of aryl methyl sites for hydroxylation is 2. The Morgan fingerprint density at radius 3 is 2.43 bits per heavy atom. The fourth-order valence-corrected chi connectivity index (χ4v) is 4.22. The van der Waals surface area contributed by atoms with Crippen LogP contribution in [-0.4, -0.2) is 10.9 Å². The van der Waals surface area contributed by atoms with Crippen molar-refractivity contribution in [3.63, 3.8) is 0 Å². The van der Waals surface area contributed by atoms with E-state index in [9.17, 15) is 4.79 Å². The predicted octanol–water partition coefficient (Wildman–Crippen LogP) is 6.41. The van der Waals surface area contributed by atoms with Crippen LogP contribution in [0, 0.1) is 13.8 Å². The number of benzene rings is 3. The molecule has 1 heterocycles. The molecule has 3 aromatic carbocycles. The number of hydrogen-bond acceptors (Lipinski definition) is 3. The fraction of sp³-hybridized carbons (Fsp3) is 0.130. The average Bonchev–Trinajstić information content (AvgIpc) is 3.15. The molecule has 3 nitrogen and oxygen atoms in total. The van der Waals surface area contributed by atoms with E-state index in [1.54, 1.807) is 40.5 Å². The van der Waals surface area contributed by atoms with Crippen LogP contribution in [0.15, 0.2) is 66.7 Å². The predicted molar refractivity (Wildman–Crippen MR) is 118 cm³/mol. The summed E-state index contributed by atoms with van der Waals surface area (Å²) in [5, 5.41) is 1.31. The van der Waals surface area contributed by atoms with Crippen LogP contribution >= 0.6 is 22.9 Å². The number of thiazole rings is 1. The maximum Gasteiger partial charge on any atom is 0.260 e. The van der Waals surface area contributed by atoms with Crippen molar-refractivity contribution < 1.29 is 4.79 Å². The first-order valence-electron chi connectivity index (χ1n) is 9.01. The van der Waals surface area contributed by atoms with Crippen molar-refractivity contribution in [2.75, 3.05) is 4.90 Å². The molecule has 0 bridgehead atoms. The molecule has 0 aliphatic rings. The van der Waals surface area contributed by atoms with Gasteiger partial charge in [0.05, 0.1) is 16.8 Å². The van der Waals surface area contributed by atoms with Gasteiger partial charge in [0, 0.05) is 10.6 Å². The third-order valence-corrected chi connectivity index (χ3v) is 6.12. The summed E-state index contributed by atoms with van der Waals surface area (Å²) in [7, 11) is 0. The number of nitrogens with zero attached hydrogens (tertiary/aromatic N) is 2. The Bertz CT molecular complexity index is 1140. The summed E-state index contributed by atoms with van der Waals surface area (Å²) < 4.78 is 1.08. The molecule has 0 radical (unpaired) electrons. The molecule has 4 aromatic rings. The van der Waals surface area contributed by atoms with Gasteiger partial charge in [-0.05, 0) is 60.9 Å². The van der Waals surface area contributed by atoms with E-state index in [4.69, 9.17) is 16.6 Å². The van der Waals surface area contributed by atoms with Gasteiger partial charge in [-0.15, -0.1) is 0 Å². The Balaban J connectivity index is 1.79. The minimum Gasteiger partial charge on any atom is -0.279 e. The zero-order valence-corrected chi connectivity index (χ0v) is 17.2. The third kappa shape index (κ3) is 3.66. The van der Waals surface area contributed by atoms with E-state index in [1.807, 2.05) is 30.3 Å². The number of aromatic nitrogens is 1. The highest BCUT2D eigenvalue weighted by Crippen LogP contribution is 2.33. The average molecular weight is 407 g/mol. The van der Waals surface area contributed by atoms with Crippen LogP contribution in [0.3, 0.4) is 0 Å². The topological polar surface area (TPSA) is 33.2 Å². The molecule has 5 heteroatoms. The van der Waals surface area contributed by atoms with E-state index in [0.717, 1.165) is 21.3 Å². The van der Waals surface area contributed by atoms with Gasteiger partial charge in [0.1, 0.15) is 0 Å². The van der Waals surface area contributed by atoms with Gasteiger partial charge in [0.15, 0.2) is 5.13 Å². The number of fused-ring (bicyclic) bond motifs is 1. The molecule has 0 spiro atoms. The number of amides is 1.